The molecular formula is C9H16N6. The highest BCUT2D eigenvalue weighted by Gasteiger charge is 1.97. The number of aryl methyl sites for hydroxylation is 1. The van der Waals surface area contributed by atoms with E-state index in [2.05, 4.69) is 27.0 Å². The molecule has 6 heteroatoms. The molecule has 82 valence electrons. The molecule has 0 spiro atoms. The zero-order valence-corrected chi connectivity index (χ0v) is 9.06. The summed E-state index contributed by atoms with van der Waals surface area (Å²) in [5.41, 5.74) is 6.62. The van der Waals surface area contributed by atoms with Crippen LogP contribution in [0.15, 0.2) is 23.5 Å². The van der Waals surface area contributed by atoms with E-state index in [1.54, 1.807) is 11.0 Å². The van der Waals surface area contributed by atoms with Gasteiger partial charge in [-0.3, -0.25) is 4.68 Å². The van der Waals surface area contributed by atoms with E-state index < -0.39 is 0 Å². The minimum atomic E-state index is 0.380. The summed E-state index contributed by atoms with van der Waals surface area (Å²) in [4.78, 5) is 8.11. The monoisotopic (exact) mass is 208 g/mol. The first kappa shape index (κ1) is 11.2. The van der Waals surface area contributed by atoms with Crippen LogP contribution in [0.25, 0.3) is 0 Å². The average Bonchev–Trinajstić information content (AvgIpc) is 2.58. The Morgan fingerprint density at radius 2 is 2.47 bits per heavy atom. The Morgan fingerprint density at radius 1 is 1.73 bits per heavy atom. The summed E-state index contributed by atoms with van der Waals surface area (Å²) >= 11 is 0. The minimum Gasteiger partial charge on any atom is -0.370 e. The van der Waals surface area contributed by atoms with Crippen LogP contribution in [0, 0.1) is 0 Å². The maximum Gasteiger partial charge on any atom is 0.189 e. The summed E-state index contributed by atoms with van der Waals surface area (Å²) < 4.78 is 1.63. The van der Waals surface area contributed by atoms with Gasteiger partial charge in [-0.15, -0.1) is 0 Å². The summed E-state index contributed by atoms with van der Waals surface area (Å²) in [5.74, 6) is 1.03. The van der Waals surface area contributed by atoms with Crippen molar-refractivity contribution < 1.29 is 0 Å². The van der Waals surface area contributed by atoms with Gasteiger partial charge in [0, 0.05) is 13.6 Å². The molecule has 6 nitrogen and oxygen atoms in total. The zero-order valence-electron chi connectivity index (χ0n) is 9.06. The van der Waals surface area contributed by atoms with Crippen LogP contribution in [0.1, 0.15) is 12.7 Å². The van der Waals surface area contributed by atoms with Gasteiger partial charge in [0.1, 0.15) is 12.9 Å². The van der Waals surface area contributed by atoms with Gasteiger partial charge in [-0.1, -0.05) is 12.2 Å². The predicted octanol–water partition coefficient (Wildman–Crippen LogP) is -0.204. The lowest BCUT2D eigenvalue weighted by Crippen LogP contribution is -2.32. The van der Waals surface area contributed by atoms with Crippen molar-refractivity contribution in [1.82, 2.24) is 20.1 Å². The van der Waals surface area contributed by atoms with Crippen molar-refractivity contribution in [2.75, 3.05) is 6.54 Å². The van der Waals surface area contributed by atoms with Crippen LogP contribution in [-0.4, -0.2) is 27.3 Å². The third-order valence-corrected chi connectivity index (χ3v) is 1.61. The number of hydrogen-bond donors (Lipinski definition) is 2. The molecule has 0 bridgehead atoms. The van der Waals surface area contributed by atoms with Crippen molar-refractivity contribution in [2.45, 2.75) is 13.5 Å². The number of nitrogens with one attached hydrogen (secondary N) is 1. The van der Waals surface area contributed by atoms with Crippen molar-refractivity contribution in [3.8, 4) is 0 Å². The molecule has 1 aromatic rings. The molecule has 1 aromatic heterocycles. The van der Waals surface area contributed by atoms with Gasteiger partial charge in [0.25, 0.3) is 0 Å². The van der Waals surface area contributed by atoms with Crippen molar-refractivity contribution in [1.29, 1.82) is 0 Å². The van der Waals surface area contributed by atoms with Crippen LogP contribution in [0.5, 0.6) is 0 Å². The quantitative estimate of drug-likeness (QED) is 0.408. The smallest absolute Gasteiger partial charge is 0.189 e. The number of nitrogens with zero attached hydrogens (tertiary/aromatic N) is 4. The molecule has 0 aliphatic carbocycles. The molecule has 0 atom stereocenters. The number of aromatic nitrogens is 3. The van der Waals surface area contributed by atoms with Crippen LogP contribution < -0.4 is 11.1 Å². The van der Waals surface area contributed by atoms with Gasteiger partial charge >= 0.3 is 0 Å². The second-order valence-electron chi connectivity index (χ2n) is 3.35. The van der Waals surface area contributed by atoms with Crippen LogP contribution in [-0.2, 0) is 13.6 Å². The molecule has 0 saturated carbocycles. The highest BCUT2D eigenvalue weighted by atomic mass is 15.3. The highest BCUT2D eigenvalue weighted by molar-refractivity contribution is 5.77. The molecule has 0 aromatic carbocycles. The maximum atomic E-state index is 5.61. The van der Waals surface area contributed by atoms with E-state index in [0.717, 1.165) is 5.57 Å². The minimum absolute atomic E-state index is 0.380. The molecule has 0 fully saturated rings. The van der Waals surface area contributed by atoms with E-state index in [1.807, 2.05) is 14.0 Å². The average molecular weight is 208 g/mol. The van der Waals surface area contributed by atoms with E-state index in [9.17, 15) is 0 Å². The van der Waals surface area contributed by atoms with Crippen LogP contribution in [0.4, 0.5) is 0 Å². The molecule has 15 heavy (non-hydrogen) atoms. The van der Waals surface area contributed by atoms with Gasteiger partial charge in [-0.05, 0) is 6.92 Å². The van der Waals surface area contributed by atoms with Gasteiger partial charge < -0.3 is 11.1 Å². The third kappa shape index (κ3) is 4.26. The molecule has 1 heterocycles. The van der Waals surface area contributed by atoms with E-state index >= 15 is 0 Å². The molecule has 0 aliphatic heterocycles. The summed E-state index contributed by atoms with van der Waals surface area (Å²) in [5, 5.41) is 7.00. The SMILES string of the molecule is C=C(C)CNC(N)=NCc1ncn(C)n1. The molecule has 0 amide bonds. The molecule has 1 rings (SSSR count). The van der Waals surface area contributed by atoms with Gasteiger partial charge in [0.15, 0.2) is 11.8 Å². The van der Waals surface area contributed by atoms with Crippen molar-refractivity contribution in [3.05, 3.63) is 24.3 Å². The fourth-order valence-corrected chi connectivity index (χ4v) is 0.910. The highest BCUT2D eigenvalue weighted by Crippen LogP contribution is 1.90. The first-order valence-electron chi connectivity index (χ1n) is 4.60. The molecule has 0 saturated heterocycles. The second-order valence-corrected chi connectivity index (χ2v) is 3.35. The molecule has 3 N–H and O–H groups in total. The van der Waals surface area contributed by atoms with Gasteiger partial charge in [-0.2, -0.15) is 5.10 Å². The summed E-state index contributed by atoms with van der Waals surface area (Å²) in [6.07, 6.45) is 1.63. The van der Waals surface area contributed by atoms with E-state index in [4.69, 9.17) is 5.73 Å². The van der Waals surface area contributed by atoms with Crippen LogP contribution in [0.3, 0.4) is 0 Å². The summed E-state index contributed by atoms with van der Waals surface area (Å²) in [6, 6.07) is 0. The Balaban J connectivity index is 2.40. The van der Waals surface area contributed by atoms with E-state index in [0.29, 0.717) is 24.9 Å². The standard InChI is InChI=1S/C9H16N6/c1-7(2)4-11-9(10)12-5-8-13-6-15(3)14-8/h6H,1,4-5H2,2-3H3,(H3,10,11,12). The van der Waals surface area contributed by atoms with Crippen LogP contribution in [0.2, 0.25) is 0 Å². The normalized spacial score (nSPS) is 11.5. The Kier molecular flexibility index (Phi) is 3.84. The first-order chi connectivity index (χ1) is 7.08. The predicted molar refractivity (Wildman–Crippen MR) is 59.1 cm³/mol. The van der Waals surface area contributed by atoms with Gasteiger partial charge in [-0.25, -0.2) is 9.98 Å². The zero-order chi connectivity index (χ0) is 11.3. The number of nitrogens with two attached hydrogens (primary N) is 1. The Labute approximate surface area is 88.9 Å². The van der Waals surface area contributed by atoms with Crippen molar-refractivity contribution in [3.63, 3.8) is 0 Å². The molecular weight excluding hydrogens is 192 g/mol. The van der Waals surface area contributed by atoms with Crippen molar-refractivity contribution >= 4 is 5.96 Å². The summed E-state index contributed by atoms with van der Waals surface area (Å²) in [7, 11) is 1.81. The largest absolute Gasteiger partial charge is 0.370 e. The lowest BCUT2D eigenvalue weighted by molar-refractivity contribution is 0.741. The van der Waals surface area contributed by atoms with Gasteiger partial charge in [0.05, 0.1) is 0 Å². The molecule has 0 unspecified atom stereocenters. The lowest BCUT2D eigenvalue weighted by Gasteiger charge is -2.03. The number of rotatable bonds is 4. The number of hydrogen-bond acceptors (Lipinski definition) is 3. The van der Waals surface area contributed by atoms with E-state index in [1.165, 1.54) is 0 Å². The number of aliphatic imine (C=N–C) groups is 1. The van der Waals surface area contributed by atoms with Crippen molar-refractivity contribution in [2.24, 2.45) is 17.8 Å². The second kappa shape index (κ2) is 5.14. The fourth-order valence-electron chi connectivity index (χ4n) is 0.910. The van der Waals surface area contributed by atoms with E-state index in [-0.39, 0.29) is 0 Å². The maximum absolute atomic E-state index is 5.61. The van der Waals surface area contributed by atoms with Gasteiger partial charge in [0.2, 0.25) is 0 Å². The van der Waals surface area contributed by atoms with Crippen LogP contribution >= 0.6 is 0 Å². The lowest BCUT2D eigenvalue weighted by atomic mass is 10.3. The fraction of sp³-hybridized carbons (Fsp3) is 0.444. The Morgan fingerprint density at radius 3 is 3.00 bits per heavy atom. The molecule has 0 radical (unpaired) electrons. The Hall–Kier alpha value is -1.85. The Bertz CT molecular complexity index is 364. The number of guanidine groups is 1. The molecule has 0 aliphatic rings. The first-order valence-corrected chi connectivity index (χ1v) is 4.60. The topological polar surface area (TPSA) is 81.1 Å². The third-order valence-electron chi connectivity index (χ3n) is 1.61. The summed E-state index contributed by atoms with van der Waals surface area (Å²) in [6.45, 7) is 6.68.